The van der Waals surface area contributed by atoms with Gasteiger partial charge in [-0.3, -0.25) is 5.41 Å². The number of ether oxygens (including phenoxy) is 1. The molecule has 1 saturated heterocycles. The Labute approximate surface area is 114 Å². The average Bonchev–Trinajstić information content (AvgIpc) is 2.74. The number of nitrogen functional groups attached to an aromatic ring is 1. The van der Waals surface area contributed by atoms with E-state index in [0.29, 0.717) is 24.1 Å². The van der Waals surface area contributed by atoms with Crippen LogP contribution in [-0.4, -0.2) is 42.0 Å². The number of amidine groups is 1. The molecule has 19 heavy (non-hydrogen) atoms. The van der Waals surface area contributed by atoms with Crippen molar-refractivity contribution in [1.82, 2.24) is 9.88 Å². The van der Waals surface area contributed by atoms with Gasteiger partial charge in [0.05, 0.1) is 6.61 Å². The normalized spacial score (nSPS) is 19.6. The summed E-state index contributed by atoms with van der Waals surface area (Å²) in [6, 6.07) is 4.14. The molecule has 0 radical (unpaired) electrons. The molecule has 1 atom stereocenters. The largest absolute Gasteiger partial charge is 0.478 e. The molecule has 1 aromatic rings. The number of hydrogen-bond donors (Lipinski definition) is 2. The van der Waals surface area contributed by atoms with Crippen LogP contribution in [0.2, 0.25) is 0 Å². The highest BCUT2D eigenvalue weighted by Crippen LogP contribution is 2.18. The number of nitrogens with one attached hydrogen (secondary N) is 1. The summed E-state index contributed by atoms with van der Waals surface area (Å²) in [5.41, 5.74) is 6.98. The molecule has 3 N–H and O–H groups in total. The number of nitrogens with two attached hydrogens (primary N) is 1. The lowest BCUT2D eigenvalue weighted by Gasteiger charge is -2.19. The molecular weight excluding hydrogens is 240 g/mol. The predicted molar refractivity (Wildman–Crippen MR) is 75.8 cm³/mol. The third kappa shape index (κ3) is 3.67. The lowest BCUT2D eigenvalue weighted by Crippen LogP contribution is -2.26. The molecule has 0 spiro atoms. The Kier molecular flexibility index (Phi) is 4.37. The Balaban J connectivity index is 1.90. The molecule has 1 aliphatic heterocycles. The summed E-state index contributed by atoms with van der Waals surface area (Å²) in [6.07, 6.45) is 3.54. The molecular formula is C14H22N4O. The summed E-state index contributed by atoms with van der Waals surface area (Å²) in [5.74, 6) is 0.608. The fraction of sp³-hybridized carbons (Fsp3) is 0.571. The van der Waals surface area contributed by atoms with E-state index in [2.05, 4.69) is 16.9 Å². The maximum atomic E-state index is 7.46. The molecule has 1 fully saturated rings. The van der Waals surface area contributed by atoms with Gasteiger partial charge in [-0.2, -0.15) is 0 Å². The zero-order valence-corrected chi connectivity index (χ0v) is 11.6. The minimum Gasteiger partial charge on any atom is -0.478 e. The Morgan fingerprint density at radius 1 is 1.58 bits per heavy atom. The number of pyridine rings is 1. The van der Waals surface area contributed by atoms with E-state index in [1.165, 1.54) is 19.4 Å². The summed E-state index contributed by atoms with van der Waals surface area (Å²) >= 11 is 0. The summed E-state index contributed by atoms with van der Waals surface area (Å²) in [5, 5.41) is 7.46. The standard InChI is InChI=1S/C14H22N4O/c1-10-8-11(14(15)16)9-13(17-10)19-7-5-12-4-3-6-18(12)2/h8-9,12H,3-7H2,1-2H3,(H3,15,16). The van der Waals surface area contributed by atoms with Gasteiger partial charge in [0.1, 0.15) is 5.84 Å². The SMILES string of the molecule is Cc1cc(C(=N)N)cc(OCCC2CCCN2C)n1. The first kappa shape index (κ1) is 13.8. The summed E-state index contributed by atoms with van der Waals surface area (Å²) < 4.78 is 5.70. The van der Waals surface area contributed by atoms with E-state index in [1.54, 1.807) is 12.1 Å². The highest BCUT2D eigenvalue weighted by atomic mass is 16.5. The fourth-order valence-electron chi connectivity index (χ4n) is 2.51. The lowest BCUT2D eigenvalue weighted by molar-refractivity contribution is 0.228. The molecule has 0 bridgehead atoms. The van der Waals surface area contributed by atoms with Crippen LogP contribution in [-0.2, 0) is 0 Å². The van der Waals surface area contributed by atoms with Crippen molar-refractivity contribution in [2.75, 3.05) is 20.2 Å². The zero-order valence-electron chi connectivity index (χ0n) is 11.6. The maximum Gasteiger partial charge on any atom is 0.214 e. The third-order valence-electron chi connectivity index (χ3n) is 3.61. The fourth-order valence-corrected chi connectivity index (χ4v) is 2.51. The average molecular weight is 262 g/mol. The molecule has 0 amide bonds. The van der Waals surface area contributed by atoms with Crippen molar-refractivity contribution in [2.45, 2.75) is 32.2 Å². The lowest BCUT2D eigenvalue weighted by atomic mass is 10.1. The van der Waals surface area contributed by atoms with Gasteiger partial charge in [-0.15, -0.1) is 0 Å². The van der Waals surface area contributed by atoms with Crippen LogP contribution in [0.3, 0.4) is 0 Å². The van der Waals surface area contributed by atoms with Gasteiger partial charge >= 0.3 is 0 Å². The van der Waals surface area contributed by atoms with E-state index in [-0.39, 0.29) is 5.84 Å². The highest BCUT2D eigenvalue weighted by molar-refractivity contribution is 5.95. The molecule has 1 aliphatic rings. The molecule has 0 aromatic carbocycles. The number of nitrogens with zero attached hydrogens (tertiary/aromatic N) is 2. The topological polar surface area (TPSA) is 75.2 Å². The predicted octanol–water partition coefficient (Wildman–Crippen LogP) is 1.54. The van der Waals surface area contributed by atoms with Crippen molar-refractivity contribution in [3.8, 4) is 5.88 Å². The number of hydrogen-bond acceptors (Lipinski definition) is 4. The van der Waals surface area contributed by atoms with Crippen molar-refractivity contribution in [2.24, 2.45) is 5.73 Å². The molecule has 104 valence electrons. The van der Waals surface area contributed by atoms with Crippen LogP contribution in [0.15, 0.2) is 12.1 Å². The van der Waals surface area contributed by atoms with E-state index >= 15 is 0 Å². The smallest absolute Gasteiger partial charge is 0.214 e. The zero-order chi connectivity index (χ0) is 13.8. The molecule has 1 unspecified atom stereocenters. The Bertz CT molecular complexity index is 461. The van der Waals surface area contributed by atoms with Crippen molar-refractivity contribution in [3.63, 3.8) is 0 Å². The van der Waals surface area contributed by atoms with E-state index in [9.17, 15) is 0 Å². The van der Waals surface area contributed by atoms with Gasteiger partial charge < -0.3 is 15.4 Å². The minimum absolute atomic E-state index is 0.0471. The van der Waals surface area contributed by atoms with E-state index in [4.69, 9.17) is 15.9 Å². The first-order chi connectivity index (χ1) is 9.06. The second-order valence-electron chi connectivity index (χ2n) is 5.16. The van der Waals surface area contributed by atoms with Crippen LogP contribution in [0, 0.1) is 12.3 Å². The Morgan fingerprint density at radius 2 is 2.37 bits per heavy atom. The van der Waals surface area contributed by atoms with E-state index < -0.39 is 0 Å². The molecule has 5 heteroatoms. The van der Waals surface area contributed by atoms with Crippen molar-refractivity contribution < 1.29 is 4.74 Å². The van der Waals surface area contributed by atoms with Crippen LogP contribution in [0.1, 0.15) is 30.5 Å². The molecule has 0 saturated carbocycles. The molecule has 5 nitrogen and oxygen atoms in total. The van der Waals surface area contributed by atoms with Crippen LogP contribution < -0.4 is 10.5 Å². The first-order valence-corrected chi connectivity index (χ1v) is 6.72. The number of aryl methyl sites for hydroxylation is 1. The molecule has 1 aromatic heterocycles. The summed E-state index contributed by atoms with van der Waals surface area (Å²) in [6.45, 7) is 3.72. The van der Waals surface area contributed by atoms with Gasteiger partial charge in [0.15, 0.2) is 0 Å². The quantitative estimate of drug-likeness (QED) is 0.623. The molecule has 2 rings (SSSR count). The second kappa shape index (κ2) is 6.02. The van der Waals surface area contributed by atoms with Gasteiger partial charge in [0.25, 0.3) is 0 Å². The summed E-state index contributed by atoms with van der Waals surface area (Å²) in [4.78, 5) is 6.69. The van der Waals surface area contributed by atoms with Crippen LogP contribution in [0.5, 0.6) is 5.88 Å². The summed E-state index contributed by atoms with van der Waals surface area (Å²) in [7, 11) is 2.16. The molecule has 2 heterocycles. The van der Waals surface area contributed by atoms with Gasteiger partial charge in [0, 0.05) is 23.4 Å². The second-order valence-corrected chi connectivity index (χ2v) is 5.16. The van der Waals surface area contributed by atoms with Crippen molar-refractivity contribution in [1.29, 1.82) is 5.41 Å². The Morgan fingerprint density at radius 3 is 3.00 bits per heavy atom. The van der Waals surface area contributed by atoms with Gasteiger partial charge in [-0.25, -0.2) is 4.98 Å². The number of likely N-dealkylation sites (tertiary alicyclic amines) is 1. The maximum absolute atomic E-state index is 7.46. The van der Waals surface area contributed by atoms with E-state index in [1.807, 2.05) is 6.92 Å². The number of aromatic nitrogens is 1. The third-order valence-corrected chi connectivity index (χ3v) is 3.61. The highest BCUT2D eigenvalue weighted by Gasteiger charge is 2.20. The first-order valence-electron chi connectivity index (χ1n) is 6.72. The van der Waals surface area contributed by atoms with Crippen LogP contribution in [0.25, 0.3) is 0 Å². The van der Waals surface area contributed by atoms with Crippen LogP contribution in [0.4, 0.5) is 0 Å². The number of rotatable bonds is 5. The van der Waals surface area contributed by atoms with Gasteiger partial charge in [0.2, 0.25) is 5.88 Å². The Hall–Kier alpha value is -1.62. The van der Waals surface area contributed by atoms with Crippen molar-refractivity contribution in [3.05, 3.63) is 23.4 Å². The van der Waals surface area contributed by atoms with Gasteiger partial charge in [-0.05, 0) is 45.8 Å². The van der Waals surface area contributed by atoms with Crippen molar-refractivity contribution >= 4 is 5.84 Å². The van der Waals surface area contributed by atoms with E-state index in [0.717, 1.165) is 12.1 Å². The minimum atomic E-state index is 0.0471. The van der Waals surface area contributed by atoms with Gasteiger partial charge in [-0.1, -0.05) is 0 Å². The van der Waals surface area contributed by atoms with Crippen LogP contribution >= 0.6 is 0 Å². The monoisotopic (exact) mass is 262 g/mol. The molecule has 0 aliphatic carbocycles.